The summed E-state index contributed by atoms with van der Waals surface area (Å²) in [7, 11) is 1.56. The van der Waals surface area contributed by atoms with E-state index < -0.39 is 6.04 Å². The van der Waals surface area contributed by atoms with Crippen LogP contribution in [0.5, 0.6) is 5.75 Å². The fourth-order valence-corrected chi connectivity index (χ4v) is 4.01. The molecular formula is C23H24ClN5O2. The summed E-state index contributed by atoms with van der Waals surface area (Å²) in [6.07, 6.45) is 3.49. The maximum Gasteiger partial charge on any atom is 0.246 e. The van der Waals surface area contributed by atoms with Crippen LogP contribution in [-0.4, -0.2) is 54.1 Å². The van der Waals surface area contributed by atoms with E-state index in [1.807, 2.05) is 30.3 Å². The lowest BCUT2D eigenvalue weighted by molar-refractivity contribution is -0.121. The first kappa shape index (κ1) is 21.1. The molecule has 2 heterocycles. The number of piperazine rings is 1. The van der Waals surface area contributed by atoms with E-state index in [1.54, 1.807) is 43.8 Å². The molecule has 2 aromatic carbocycles. The normalized spacial score (nSPS) is 15.4. The number of hydrogen-bond donors (Lipinski definition) is 1. The lowest BCUT2D eigenvalue weighted by atomic mass is 10.0. The van der Waals surface area contributed by atoms with Crippen molar-refractivity contribution in [1.29, 1.82) is 0 Å². The number of halogens is 1. The summed E-state index contributed by atoms with van der Waals surface area (Å²) >= 11 is 6.23. The van der Waals surface area contributed by atoms with Gasteiger partial charge in [-0.15, -0.1) is 0 Å². The van der Waals surface area contributed by atoms with E-state index in [-0.39, 0.29) is 5.91 Å². The minimum Gasteiger partial charge on any atom is -0.495 e. The molecule has 0 aliphatic carbocycles. The van der Waals surface area contributed by atoms with Crippen molar-refractivity contribution in [3.05, 3.63) is 77.6 Å². The Morgan fingerprint density at radius 2 is 1.74 bits per heavy atom. The van der Waals surface area contributed by atoms with Crippen LogP contribution in [0.4, 0.5) is 11.6 Å². The highest BCUT2D eigenvalue weighted by Gasteiger charge is 2.31. The van der Waals surface area contributed by atoms with Crippen molar-refractivity contribution in [2.75, 3.05) is 43.5 Å². The zero-order chi connectivity index (χ0) is 21.6. The van der Waals surface area contributed by atoms with Crippen LogP contribution in [0.3, 0.4) is 0 Å². The number of amides is 1. The van der Waals surface area contributed by atoms with Crippen LogP contribution in [0.15, 0.2) is 67.0 Å². The number of rotatable bonds is 6. The summed E-state index contributed by atoms with van der Waals surface area (Å²) < 4.78 is 5.20. The molecule has 0 spiro atoms. The molecular weight excluding hydrogens is 414 g/mol. The van der Waals surface area contributed by atoms with E-state index in [0.29, 0.717) is 29.5 Å². The standard InChI is InChI=1S/C23H24ClN5O2/c1-31-20-9-8-18(16-19(20)24)27-22(30)21(17-6-3-2-4-7-17)28-12-14-29(15-13-28)23-25-10-5-11-26-23/h2-11,16,21H,12-15H2,1H3,(H,27,30)/t21-/m0/s1. The molecule has 4 rings (SSSR count). The average Bonchev–Trinajstić information content (AvgIpc) is 2.81. The van der Waals surface area contributed by atoms with Crippen LogP contribution >= 0.6 is 11.6 Å². The van der Waals surface area contributed by atoms with Crippen LogP contribution in [0, 0.1) is 0 Å². The van der Waals surface area contributed by atoms with E-state index in [4.69, 9.17) is 16.3 Å². The Hall–Kier alpha value is -3.16. The number of carbonyl (C=O) groups is 1. The summed E-state index contributed by atoms with van der Waals surface area (Å²) in [6.45, 7) is 2.92. The third kappa shape index (κ3) is 4.95. The fourth-order valence-electron chi connectivity index (χ4n) is 3.75. The first-order valence-corrected chi connectivity index (χ1v) is 10.5. The van der Waals surface area contributed by atoms with Crippen molar-refractivity contribution < 1.29 is 9.53 Å². The highest BCUT2D eigenvalue weighted by atomic mass is 35.5. The Labute approximate surface area is 186 Å². The number of ether oxygens (including phenoxy) is 1. The third-order valence-electron chi connectivity index (χ3n) is 5.30. The average molecular weight is 438 g/mol. The second kappa shape index (κ2) is 9.76. The van der Waals surface area contributed by atoms with Gasteiger partial charge in [-0.25, -0.2) is 9.97 Å². The molecule has 0 saturated carbocycles. The molecule has 1 aromatic heterocycles. The molecule has 31 heavy (non-hydrogen) atoms. The van der Waals surface area contributed by atoms with Gasteiger partial charge in [0.25, 0.3) is 0 Å². The number of nitrogens with one attached hydrogen (secondary N) is 1. The van der Waals surface area contributed by atoms with Crippen LogP contribution < -0.4 is 15.0 Å². The summed E-state index contributed by atoms with van der Waals surface area (Å²) in [4.78, 5) is 26.4. The van der Waals surface area contributed by atoms with Gasteiger partial charge in [-0.3, -0.25) is 9.69 Å². The van der Waals surface area contributed by atoms with Crippen molar-refractivity contribution >= 4 is 29.1 Å². The monoisotopic (exact) mass is 437 g/mol. The Balaban J connectivity index is 1.51. The second-order valence-electron chi connectivity index (χ2n) is 7.22. The van der Waals surface area contributed by atoms with Crippen molar-refractivity contribution in [3.63, 3.8) is 0 Å². The molecule has 0 unspecified atom stereocenters. The van der Waals surface area contributed by atoms with Crippen LogP contribution in [0.2, 0.25) is 5.02 Å². The maximum atomic E-state index is 13.4. The van der Waals surface area contributed by atoms with Crippen molar-refractivity contribution in [1.82, 2.24) is 14.9 Å². The number of methoxy groups -OCH3 is 1. The first-order valence-electron chi connectivity index (χ1n) is 10.1. The number of carbonyl (C=O) groups excluding carboxylic acids is 1. The predicted molar refractivity (Wildman–Crippen MR) is 122 cm³/mol. The summed E-state index contributed by atoms with van der Waals surface area (Å²) in [5.74, 6) is 1.19. The van der Waals surface area contributed by atoms with Crippen LogP contribution in [-0.2, 0) is 4.79 Å². The number of aromatic nitrogens is 2. The Morgan fingerprint density at radius 3 is 2.39 bits per heavy atom. The van der Waals surface area contributed by atoms with Crippen molar-refractivity contribution in [2.24, 2.45) is 0 Å². The predicted octanol–water partition coefficient (Wildman–Crippen LogP) is 3.64. The molecule has 0 radical (unpaired) electrons. The molecule has 1 atom stereocenters. The lowest BCUT2D eigenvalue weighted by Crippen LogP contribution is -2.50. The van der Waals surface area contributed by atoms with E-state index in [1.165, 1.54) is 0 Å². The zero-order valence-electron chi connectivity index (χ0n) is 17.2. The minimum absolute atomic E-state index is 0.100. The highest BCUT2D eigenvalue weighted by molar-refractivity contribution is 6.32. The van der Waals surface area contributed by atoms with Gasteiger partial charge < -0.3 is 15.0 Å². The quantitative estimate of drug-likeness (QED) is 0.634. The number of hydrogen-bond acceptors (Lipinski definition) is 6. The van der Waals surface area contributed by atoms with Gasteiger partial charge >= 0.3 is 0 Å². The molecule has 1 aliphatic rings. The molecule has 1 amide bonds. The van der Waals surface area contributed by atoms with E-state index >= 15 is 0 Å². The van der Waals surface area contributed by atoms with Crippen molar-refractivity contribution in [3.8, 4) is 5.75 Å². The van der Waals surface area contributed by atoms with Gasteiger partial charge in [-0.1, -0.05) is 41.9 Å². The lowest BCUT2D eigenvalue weighted by Gasteiger charge is -2.38. The van der Waals surface area contributed by atoms with Crippen LogP contribution in [0.25, 0.3) is 0 Å². The summed E-state index contributed by atoms with van der Waals surface area (Å²) in [6, 6.07) is 16.4. The largest absolute Gasteiger partial charge is 0.495 e. The molecule has 8 heteroatoms. The number of benzene rings is 2. The number of nitrogens with zero attached hydrogens (tertiary/aromatic N) is 4. The van der Waals surface area contributed by atoms with E-state index in [9.17, 15) is 4.79 Å². The van der Waals surface area contributed by atoms with Gasteiger partial charge in [0, 0.05) is 44.3 Å². The maximum absolute atomic E-state index is 13.4. The smallest absolute Gasteiger partial charge is 0.246 e. The highest BCUT2D eigenvalue weighted by Crippen LogP contribution is 2.29. The molecule has 1 aliphatic heterocycles. The second-order valence-corrected chi connectivity index (χ2v) is 7.63. The molecule has 1 N–H and O–H groups in total. The molecule has 7 nitrogen and oxygen atoms in total. The first-order chi connectivity index (χ1) is 15.2. The SMILES string of the molecule is COc1ccc(NC(=O)[C@H](c2ccccc2)N2CCN(c3ncccn3)CC2)cc1Cl. The fraction of sp³-hybridized carbons (Fsp3) is 0.261. The van der Waals surface area contributed by atoms with E-state index in [0.717, 1.165) is 24.6 Å². The topological polar surface area (TPSA) is 70.6 Å². The Morgan fingerprint density at radius 1 is 1.03 bits per heavy atom. The molecule has 0 bridgehead atoms. The van der Waals surface area contributed by atoms with Gasteiger partial charge in [0.1, 0.15) is 11.8 Å². The number of anilines is 2. The van der Waals surface area contributed by atoms with Gasteiger partial charge in [-0.2, -0.15) is 0 Å². The Kier molecular flexibility index (Phi) is 6.64. The Bertz CT molecular complexity index is 1010. The minimum atomic E-state index is -0.416. The van der Waals surface area contributed by atoms with E-state index in [2.05, 4.69) is 25.1 Å². The molecule has 160 valence electrons. The third-order valence-corrected chi connectivity index (χ3v) is 5.59. The van der Waals surface area contributed by atoms with Gasteiger partial charge in [0.15, 0.2) is 0 Å². The summed E-state index contributed by atoms with van der Waals surface area (Å²) in [5, 5.41) is 3.47. The summed E-state index contributed by atoms with van der Waals surface area (Å²) in [5.41, 5.74) is 1.58. The van der Waals surface area contributed by atoms with Gasteiger partial charge in [0.2, 0.25) is 11.9 Å². The molecule has 1 saturated heterocycles. The van der Waals surface area contributed by atoms with Gasteiger partial charge in [-0.05, 0) is 29.8 Å². The van der Waals surface area contributed by atoms with Crippen LogP contribution in [0.1, 0.15) is 11.6 Å². The zero-order valence-corrected chi connectivity index (χ0v) is 18.0. The van der Waals surface area contributed by atoms with Gasteiger partial charge in [0.05, 0.1) is 12.1 Å². The molecule has 3 aromatic rings. The molecule has 1 fully saturated rings. The van der Waals surface area contributed by atoms with Crippen molar-refractivity contribution in [2.45, 2.75) is 6.04 Å².